The van der Waals surface area contributed by atoms with Gasteiger partial charge in [0.05, 0.1) is 22.2 Å². The SMILES string of the molecule is O=C(Nc1ccccc1F)C1CSCN1C(=O)c1ccccc1Cl. The van der Waals surface area contributed by atoms with E-state index in [1.165, 1.54) is 28.8 Å². The number of carbonyl (C=O) groups is 2. The van der Waals surface area contributed by atoms with Gasteiger partial charge in [-0.1, -0.05) is 35.9 Å². The van der Waals surface area contributed by atoms with Gasteiger partial charge in [0.2, 0.25) is 5.91 Å². The van der Waals surface area contributed by atoms with Crippen LogP contribution in [0.2, 0.25) is 5.02 Å². The monoisotopic (exact) mass is 364 g/mol. The number of carbonyl (C=O) groups excluding carboxylic acids is 2. The van der Waals surface area contributed by atoms with Crippen LogP contribution in [0.3, 0.4) is 0 Å². The van der Waals surface area contributed by atoms with Gasteiger partial charge in [0.1, 0.15) is 11.9 Å². The normalized spacial score (nSPS) is 16.9. The Morgan fingerprint density at radius 3 is 2.62 bits per heavy atom. The lowest BCUT2D eigenvalue weighted by molar-refractivity contribution is -0.119. The third-order valence-corrected chi connectivity index (χ3v) is 5.02. The number of hydrogen-bond donors (Lipinski definition) is 1. The summed E-state index contributed by atoms with van der Waals surface area (Å²) in [7, 11) is 0. The molecule has 4 nitrogen and oxygen atoms in total. The van der Waals surface area contributed by atoms with E-state index in [1.807, 2.05) is 0 Å². The summed E-state index contributed by atoms with van der Waals surface area (Å²) >= 11 is 7.54. The van der Waals surface area contributed by atoms with Crippen LogP contribution in [0.25, 0.3) is 0 Å². The van der Waals surface area contributed by atoms with E-state index in [9.17, 15) is 14.0 Å². The predicted octanol–water partition coefficient (Wildman–Crippen LogP) is 3.63. The Bertz CT molecular complexity index is 787. The molecular weight excluding hydrogens is 351 g/mol. The van der Waals surface area contributed by atoms with Crippen LogP contribution in [0.1, 0.15) is 10.4 Å². The summed E-state index contributed by atoms with van der Waals surface area (Å²) in [5.74, 6) is -0.388. The lowest BCUT2D eigenvalue weighted by atomic mass is 10.1. The summed E-state index contributed by atoms with van der Waals surface area (Å²) in [6, 6.07) is 12.0. The minimum Gasteiger partial charge on any atom is -0.322 e. The number of halogens is 2. The molecule has 2 amide bonds. The second kappa shape index (κ2) is 7.23. The van der Waals surface area contributed by atoms with Gasteiger partial charge in [0, 0.05) is 5.75 Å². The van der Waals surface area contributed by atoms with Gasteiger partial charge >= 0.3 is 0 Å². The molecule has 1 aliphatic rings. The molecule has 0 saturated carbocycles. The molecule has 1 saturated heterocycles. The third-order valence-electron chi connectivity index (χ3n) is 3.68. The Balaban J connectivity index is 1.78. The van der Waals surface area contributed by atoms with Crippen molar-refractivity contribution in [2.45, 2.75) is 6.04 Å². The largest absolute Gasteiger partial charge is 0.322 e. The molecule has 3 rings (SSSR count). The van der Waals surface area contributed by atoms with Gasteiger partial charge in [-0.25, -0.2) is 4.39 Å². The molecular formula is C17H14ClFN2O2S. The molecule has 0 spiro atoms. The number of hydrogen-bond acceptors (Lipinski definition) is 3. The fourth-order valence-electron chi connectivity index (χ4n) is 2.43. The molecule has 2 aromatic carbocycles. The van der Waals surface area contributed by atoms with Gasteiger partial charge in [-0.2, -0.15) is 0 Å². The van der Waals surface area contributed by atoms with Crippen LogP contribution < -0.4 is 5.32 Å². The molecule has 0 radical (unpaired) electrons. The van der Waals surface area contributed by atoms with Crippen molar-refractivity contribution in [3.8, 4) is 0 Å². The molecule has 0 aliphatic carbocycles. The van der Waals surface area contributed by atoms with Gasteiger partial charge < -0.3 is 10.2 Å². The van der Waals surface area contributed by atoms with E-state index in [2.05, 4.69) is 5.32 Å². The van der Waals surface area contributed by atoms with Crippen LogP contribution in [0.4, 0.5) is 10.1 Å². The van der Waals surface area contributed by atoms with E-state index in [4.69, 9.17) is 11.6 Å². The first-order chi connectivity index (χ1) is 11.6. The van der Waals surface area contributed by atoms with Crippen molar-refractivity contribution in [2.75, 3.05) is 16.9 Å². The average Bonchev–Trinajstić information content (AvgIpc) is 3.06. The summed E-state index contributed by atoms with van der Waals surface area (Å²) in [4.78, 5) is 26.6. The number of thioether (sulfide) groups is 1. The standard InChI is InChI=1S/C17H14ClFN2O2S/c18-12-6-2-1-5-11(12)17(23)21-10-24-9-15(21)16(22)20-14-8-4-3-7-13(14)19/h1-8,15H,9-10H2,(H,20,22). The van der Waals surface area contributed by atoms with E-state index in [0.29, 0.717) is 22.2 Å². The number of rotatable bonds is 3. The summed E-state index contributed by atoms with van der Waals surface area (Å²) < 4.78 is 13.7. The number of para-hydroxylation sites is 1. The van der Waals surface area contributed by atoms with Crippen molar-refractivity contribution in [1.82, 2.24) is 4.90 Å². The minimum absolute atomic E-state index is 0.101. The zero-order chi connectivity index (χ0) is 17.1. The topological polar surface area (TPSA) is 49.4 Å². The van der Waals surface area contributed by atoms with Crippen LogP contribution >= 0.6 is 23.4 Å². The highest BCUT2D eigenvalue weighted by Crippen LogP contribution is 2.27. The lowest BCUT2D eigenvalue weighted by Crippen LogP contribution is -2.44. The molecule has 1 fully saturated rings. The number of benzene rings is 2. The van der Waals surface area contributed by atoms with Crippen molar-refractivity contribution in [2.24, 2.45) is 0 Å². The molecule has 24 heavy (non-hydrogen) atoms. The van der Waals surface area contributed by atoms with Crippen molar-refractivity contribution in [1.29, 1.82) is 0 Å². The summed E-state index contributed by atoms with van der Waals surface area (Å²) in [5.41, 5.74) is 0.454. The van der Waals surface area contributed by atoms with Gasteiger partial charge in [-0.3, -0.25) is 9.59 Å². The maximum atomic E-state index is 13.7. The molecule has 0 aromatic heterocycles. The van der Waals surface area contributed by atoms with Gasteiger partial charge in [-0.05, 0) is 24.3 Å². The number of anilines is 1. The third kappa shape index (κ3) is 3.39. The zero-order valence-corrected chi connectivity index (χ0v) is 14.1. The van der Waals surface area contributed by atoms with E-state index < -0.39 is 17.8 Å². The maximum Gasteiger partial charge on any atom is 0.256 e. The fraction of sp³-hybridized carbons (Fsp3) is 0.176. The Morgan fingerprint density at radius 2 is 1.88 bits per heavy atom. The molecule has 1 unspecified atom stereocenters. The highest BCUT2D eigenvalue weighted by atomic mass is 35.5. The predicted molar refractivity (Wildman–Crippen MR) is 93.8 cm³/mol. The van der Waals surface area contributed by atoms with Crippen LogP contribution in [-0.4, -0.2) is 34.4 Å². The van der Waals surface area contributed by atoms with E-state index in [-0.39, 0.29) is 11.6 Å². The molecule has 1 aliphatic heterocycles. The van der Waals surface area contributed by atoms with Crippen molar-refractivity contribution < 1.29 is 14.0 Å². The summed E-state index contributed by atoms with van der Waals surface area (Å²) in [6.07, 6.45) is 0. The Kier molecular flexibility index (Phi) is 5.06. The summed E-state index contributed by atoms with van der Waals surface area (Å²) in [5, 5.41) is 2.89. The Labute approximate surface area is 148 Å². The van der Waals surface area contributed by atoms with Crippen molar-refractivity contribution in [3.05, 3.63) is 64.9 Å². The molecule has 1 atom stereocenters. The first kappa shape index (κ1) is 16.8. The zero-order valence-electron chi connectivity index (χ0n) is 12.5. The van der Waals surface area contributed by atoms with Crippen molar-refractivity contribution in [3.63, 3.8) is 0 Å². The van der Waals surface area contributed by atoms with Crippen LogP contribution in [0.15, 0.2) is 48.5 Å². The summed E-state index contributed by atoms with van der Waals surface area (Å²) in [6.45, 7) is 0. The first-order valence-electron chi connectivity index (χ1n) is 7.26. The van der Waals surface area contributed by atoms with E-state index >= 15 is 0 Å². The van der Waals surface area contributed by atoms with Crippen LogP contribution in [0.5, 0.6) is 0 Å². The number of nitrogens with one attached hydrogen (secondary N) is 1. The minimum atomic E-state index is -0.668. The molecule has 1 heterocycles. The Morgan fingerprint density at radius 1 is 1.17 bits per heavy atom. The van der Waals surface area contributed by atoms with Crippen molar-refractivity contribution >= 4 is 40.9 Å². The van der Waals surface area contributed by atoms with Gasteiger partial charge in [-0.15, -0.1) is 11.8 Å². The number of nitrogens with zero attached hydrogens (tertiary/aromatic N) is 1. The first-order valence-corrected chi connectivity index (χ1v) is 8.80. The second-order valence-electron chi connectivity index (χ2n) is 5.24. The quantitative estimate of drug-likeness (QED) is 0.904. The molecule has 1 N–H and O–H groups in total. The van der Waals surface area contributed by atoms with E-state index in [0.717, 1.165) is 0 Å². The lowest BCUT2D eigenvalue weighted by Gasteiger charge is -2.23. The highest BCUT2D eigenvalue weighted by molar-refractivity contribution is 7.99. The van der Waals surface area contributed by atoms with Crippen LogP contribution in [0, 0.1) is 5.82 Å². The highest BCUT2D eigenvalue weighted by Gasteiger charge is 2.35. The van der Waals surface area contributed by atoms with E-state index in [1.54, 1.807) is 36.4 Å². The Hall–Kier alpha value is -2.05. The van der Waals surface area contributed by atoms with Crippen LogP contribution in [-0.2, 0) is 4.79 Å². The van der Waals surface area contributed by atoms with Gasteiger partial charge in [0.15, 0.2) is 0 Å². The molecule has 124 valence electrons. The smallest absolute Gasteiger partial charge is 0.256 e. The second-order valence-corrected chi connectivity index (χ2v) is 6.65. The van der Waals surface area contributed by atoms with Gasteiger partial charge in [0.25, 0.3) is 5.91 Å². The molecule has 2 aromatic rings. The molecule has 0 bridgehead atoms. The average molecular weight is 365 g/mol. The fourth-order valence-corrected chi connectivity index (χ4v) is 3.80. The molecule has 7 heteroatoms. The number of amides is 2. The maximum absolute atomic E-state index is 13.7.